The Kier molecular flexibility index (Phi) is 4.31. The summed E-state index contributed by atoms with van der Waals surface area (Å²) in [5, 5.41) is 0. The third-order valence-electron chi connectivity index (χ3n) is 4.73. The molecule has 2 aromatic rings. The van der Waals surface area contributed by atoms with E-state index in [2.05, 4.69) is 9.62 Å². The zero-order chi connectivity index (χ0) is 17.5. The van der Waals surface area contributed by atoms with Crippen LogP contribution in [-0.2, 0) is 17.1 Å². The van der Waals surface area contributed by atoms with Crippen molar-refractivity contribution >= 4 is 21.1 Å². The lowest BCUT2D eigenvalue weighted by Gasteiger charge is -2.35. The molecule has 0 aliphatic carbocycles. The Morgan fingerprint density at radius 3 is 2.58 bits per heavy atom. The van der Waals surface area contributed by atoms with Gasteiger partial charge < -0.3 is 4.42 Å². The number of benzene rings is 1. The van der Waals surface area contributed by atoms with E-state index in [4.69, 9.17) is 4.42 Å². The van der Waals surface area contributed by atoms with Gasteiger partial charge in [-0.05, 0) is 51.9 Å². The number of sulfonamides is 1. The summed E-state index contributed by atoms with van der Waals surface area (Å²) < 4.78 is 34.2. The van der Waals surface area contributed by atoms with Crippen LogP contribution >= 0.6 is 0 Å². The van der Waals surface area contributed by atoms with Crippen molar-refractivity contribution in [1.82, 2.24) is 14.2 Å². The molecule has 24 heavy (non-hydrogen) atoms. The highest BCUT2D eigenvalue weighted by molar-refractivity contribution is 7.89. The van der Waals surface area contributed by atoms with E-state index in [1.54, 1.807) is 13.1 Å². The van der Waals surface area contributed by atoms with Gasteiger partial charge in [0.1, 0.15) is 0 Å². The molecule has 1 aromatic carbocycles. The van der Waals surface area contributed by atoms with Crippen molar-refractivity contribution in [1.29, 1.82) is 0 Å². The fourth-order valence-corrected chi connectivity index (χ4v) is 4.29. The van der Waals surface area contributed by atoms with Crippen LogP contribution in [-0.4, -0.2) is 43.1 Å². The quantitative estimate of drug-likeness (QED) is 0.875. The average molecular weight is 353 g/mol. The largest absolute Gasteiger partial charge is 0.419 e. The number of hydrogen-bond donors (Lipinski definition) is 1. The maximum atomic E-state index is 12.6. The zero-order valence-electron chi connectivity index (χ0n) is 14.2. The Bertz CT molecular complexity index is 905. The maximum Gasteiger partial charge on any atom is 0.419 e. The van der Waals surface area contributed by atoms with Crippen molar-refractivity contribution in [2.45, 2.75) is 37.1 Å². The fraction of sp³-hybridized carbons (Fsp3) is 0.562. The van der Waals surface area contributed by atoms with Crippen LogP contribution in [0.2, 0.25) is 0 Å². The van der Waals surface area contributed by atoms with Crippen molar-refractivity contribution < 1.29 is 12.8 Å². The van der Waals surface area contributed by atoms with E-state index in [-0.39, 0.29) is 16.0 Å². The minimum Gasteiger partial charge on any atom is -0.408 e. The lowest BCUT2D eigenvalue weighted by atomic mass is 10.0. The van der Waals surface area contributed by atoms with Crippen LogP contribution in [0.3, 0.4) is 0 Å². The first kappa shape index (κ1) is 17.2. The molecule has 1 aromatic heterocycles. The Labute approximate surface area is 141 Å². The summed E-state index contributed by atoms with van der Waals surface area (Å²) in [6, 6.07) is 4.46. The molecule has 3 rings (SSSR count). The van der Waals surface area contributed by atoms with Gasteiger partial charge in [0.05, 0.1) is 10.4 Å². The number of rotatable bonds is 5. The molecule has 0 spiro atoms. The third kappa shape index (κ3) is 3.13. The van der Waals surface area contributed by atoms with E-state index < -0.39 is 15.8 Å². The molecule has 132 valence electrons. The van der Waals surface area contributed by atoms with Gasteiger partial charge in [-0.1, -0.05) is 0 Å². The second kappa shape index (κ2) is 6.02. The lowest BCUT2D eigenvalue weighted by Crippen LogP contribution is -2.50. The van der Waals surface area contributed by atoms with E-state index in [0.29, 0.717) is 12.1 Å². The molecule has 8 heteroatoms. The predicted octanol–water partition coefficient (Wildman–Crippen LogP) is 1.28. The summed E-state index contributed by atoms with van der Waals surface area (Å²) in [5.41, 5.74) is 0.591. The summed E-state index contributed by atoms with van der Waals surface area (Å²) in [5.74, 6) is -0.511. The van der Waals surface area contributed by atoms with Gasteiger partial charge in [-0.15, -0.1) is 0 Å². The summed E-state index contributed by atoms with van der Waals surface area (Å²) in [4.78, 5) is 13.9. The molecule has 7 nitrogen and oxygen atoms in total. The molecule has 1 N–H and O–H groups in total. The molecule has 0 bridgehead atoms. The molecule has 1 saturated heterocycles. The molecule has 0 atom stereocenters. The van der Waals surface area contributed by atoms with Crippen LogP contribution in [0.25, 0.3) is 11.1 Å². The first-order chi connectivity index (χ1) is 11.2. The van der Waals surface area contributed by atoms with Gasteiger partial charge in [0, 0.05) is 25.2 Å². The van der Waals surface area contributed by atoms with Crippen LogP contribution < -0.4 is 10.5 Å². The van der Waals surface area contributed by atoms with Crippen molar-refractivity contribution in [3.63, 3.8) is 0 Å². The second-order valence-corrected chi connectivity index (χ2v) is 8.65. The highest BCUT2D eigenvalue weighted by atomic mass is 32.2. The highest BCUT2D eigenvalue weighted by Gasteiger charge is 2.30. The first-order valence-electron chi connectivity index (χ1n) is 8.05. The predicted molar refractivity (Wildman–Crippen MR) is 91.5 cm³/mol. The van der Waals surface area contributed by atoms with Crippen LogP contribution in [0, 0.1) is 0 Å². The fourth-order valence-electron chi connectivity index (χ4n) is 3.07. The molecule has 0 amide bonds. The van der Waals surface area contributed by atoms with E-state index in [0.717, 1.165) is 25.9 Å². The zero-order valence-corrected chi connectivity index (χ0v) is 15.0. The number of oxazole rings is 1. The Hall–Kier alpha value is -1.64. The Morgan fingerprint density at radius 2 is 1.92 bits per heavy atom. The molecule has 1 fully saturated rings. The maximum absolute atomic E-state index is 12.6. The normalized spacial score (nSPS) is 17.0. The van der Waals surface area contributed by atoms with Crippen LogP contribution in [0.1, 0.15) is 26.7 Å². The Morgan fingerprint density at radius 1 is 1.25 bits per heavy atom. The summed E-state index contributed by atoms with van der Waals surface area (Å²) in [6.07, 6.45) is 2.31. The van der Waals surface area contributed by atoms with E-state index in [9.17, 15) is 13.2 Å². The molecule has 0 radical (unpaired) electrons. The van der Waals surface area contributed by atoms with E-state index in [1.165, 1.54) is 16.7 Å². The Balaban J connectivity index is 1.81. The van der Waals surface area contributed by atoms with E-state index in [1.807, 2.05) is 13.8 Å². The SMILES string of the molecule is Cn1c(=O)oc2cc(S(=O)(=O)NCC(C)(C)N3CCCC3)ccc21. The number of nitrogens with one attached hydrogen (secondary N) is 1. The number of fused-ring (bicyclic) bond motifs is 1. The lowest BCUT2D eigenvalue weighted by molar-refractivity contribution is 0.158. The molecule has 0 unspecified atom stereocenters. The van der Waals surface area contributed by atoms with E-state index >= 15 is 0 Å². The number of aromatic nitrogens is 1. The van der Waals surface area contributed by atoms with Crippen molar-refractivity contribution in [3.05, 3.63) is 28.7 Å². The summed E-state index contributed by atoms with van der Waals surface area (Å²) in [6.45, 7) is 6.40. The molecular weight excluding hydrogens is 330 g/mol. The molecule has 1 aliphatic rings. The standard InChI is InChI=1S/C16H23N3O4S/c1-16(2,19-8-4-5-9-19)11-17-24(21,22)12-6-7-13-14(10-12)23-15(20)18(13)3/h6-7,10,17H,4-5,8-9,11H2,1-3H3. The summed E-state index contributed by atoms with van der Waals surface area (Å²) in [7, 11) is -2.08. The molecule has 0 saturated carbocycles. The summed E-state index contributed by atoms with van der Waals surface area (Å²) >= 11 is 0. The smallest absolute Gasteiger partial charge is 0.408 e. The minimum atomic E-state index is -3.67. The first-order valence-corrected chi connectivity index (χ1v) is 9.53. The van der Waals surface area contributed by atoms with Crippen LogP contribution in [0.15, 0.2) is 32.3 Å². The van der Waals surface area contributed by atoms with Gasteiger partial charge in [-0.2, -0.15) is 0 Å². The van der Waals surface area contributed by atoms with Gasteiger partial charge in [0.15, 0.2) is 5.58 Å². The van der Waals surface area contributed by atoms with Gasteiger partial charge in [0.2, 0.25) is 10.0 Å². The topological polar surface area (TPSA) is 84.5 Å². The highest BCUT2D eigenvalue weighted by Crippen LogP contribution is 2.22. The minimum absolute atomic E-state index is 0.0987. The van der Waals surface area contributed by atoms with Crippen LogP contribution in [0.4, 0.5) is 0 Å². The molecular formula is C16H23N3O4S. The van der Waals surface area contributed by atoms with Crippen molar-refractivity contribution in [2.24, 2.45) is 7.05 Å². The van der Waals surface area contributed by atoms with Gasteiger partial charge in [0.25, 0.3) is 0 Å². The van der Waals surface area contributed by atoms with Gasteiger partial charge in [-0.3, -0.25) is 9.47 Å². The second-order valence-electron chi connectivity index (χ2n) is 6.89. The van der Waals surface area contributed by atoms with Crippen LogP contribution in [0.5, 0.6) is 0 Å². The number of aryl methyl sites for hydroxylation is 1. The average Bonchev–Trinajstić information content (AvgIpc) is 3.15. The molecule has 2 heterocycles. The number of nitrogens with zero attached hydrogens (tertiary/aromatic N) is 2. The van der Waals surface area contributed by atoms with Gasteiger partial charge >= 0.3 is 5.76 Å². The number of hydrogen-bond acceptors (Lipinski definition) is 5. The van der Waals surface area contributed by atoms with Gasteiger partial charge in [-0.25, -0.2) is 17.9 Å². The molecule has 1 aliphatic heterocycles. The monoisotopic (exact) mass is 353 g/mol. The number of likely N-dealkylation sites (tertiary alicyclic amines) is 1. The third-order valence-corrected chi connectivity index (χ3v) is 6.13. The van der Waals surface area contributed by atoms with Crippen molar-refractivity contribution in [3.8, 4) is 0 Å². The van der Waals surface area contributed by atoms with Crippen molar-refractivity contribution in [2.75, 3.05) is 19.6 Å².